The van der Waals surface area contributed by atoms with E-state index in [1.54, 1.807) is 0 Å². The molecule has 92 valence electrons. The number of amides is 1. The van der Waals surface area contributed by atoms with Crippen LogP contribution in [0.15, 0.2) is 29.2 Å². The molecule has 1 atom stereocenters. The first-order valence-electron chi connectivity index (χ1n) is 5.99. The van der Waals surface area contributed by atoms with Crippen LogP contribution < -0.4 is 11.1 Å². The number of hydrogen-bond acceptors (Lipinski definition) is 3. The van der Waals surface area contributed by atoms with E-state index in [4.69, 9.17) is 5.73 Å². The molecule has 0 saturated heterocycles. The van der Waals surface area contributed by atoms with Gasteiger partial charge in [0, 0.05) is 23.1 Å². The van der Waals surface area contributed by atoms with Crippen LogP contribution in [-0.4, -0.2) is 24.2 Å². The van der Waals surface area contributed by atoms with Gasteiger partial charge in [0.25, 0.3) is 0 Å². The lowest BCUT2D eigenvalue weighted by Crippen LogP contribution is -2.26. The minimum absolute atomic E-state index is 0.213. The van der Waals surface area contributed by atoms with E-state index in [1.807, 2.05) is 11.8 Å². The number of hydrogen-bond donors (Lipinski definition) is 2. The van der Waals surface area contributed by atoms with Crippen molar-refractivity contribution in [2.24, 2.45) is 5.73 Å². The zero-order chi connectivity index (χ0) is 12.1. The van der Waals surface area contributed by atoms with Gasteiger partial charge in [-0.1, -0.05) is 18.2 Å². The second kappa shape index (κ2) is 6.07. The standard InChI is InChI=1S/C13H18N2OS/c14-13(16)6-3-7-15-9-11-8-10-4-1-2-5-12(10)17-11/h1-2,4-5,11,15H,3,6-9H2,(H2,14,16). The highest BCUT2D eigenvalue weighted by Crippen LogP contribution is 2.36. The third-order valence-corrected chi connectivity index (χ3v) is 4.18. The van der Waals surface area contributed by atoms with Crippen LogP contribution in [0.5, 0.6) is 0 Å². The van der Waals surface area contributed by atoms with Crippen LogP contribution in [0, 0.1) is 0 Å². The van der Waals surface area contributed by atoms with E-state index in [2.05, 4.69) is 29.6 Å². The lowest BCUT2D eigenvalue weighted by atomic mass is 10.1. The summed E-state index contributed by atoms with van der Waals surface area (Å²) >= 11 is 1.95. The number of thioether (sulfide) groups is 1. The lowest BCUT2D eigenvalue weighted by molar-refractivity contribution is -0.118. The maximum atomic E-state index is 10.6. The van der Waals surface area contributed by atoms with Crippen molar-refractivity contribution in [2.45, 2.75) is 29.4 Å². The molecule has 0 aliphatic carbocycles. The summed E-state index contributed by atoms with van der Waals surface area (Å²) in [5.41, 5.74) is 6.54. The number of fused-ring (bicyclic) bond motifs is 1. The Hall–Kier alpha value is -1.00. The average molecular weight is 250 g/mol. The minimum atomic E-state index is -0.213. The van der Waals surface area contributed by atoms with Crippen LogP contribution >= 0.6 is 11.8 Å². The summed E-state index contributed by atoms with van der Waals surface area (Å²) in [5, 5.41) is 4.01. The number of nitrogens with one attached hydrogen (secondary N) is 1. The molecule has 2 rings (SSSR count). The molecular weight excluding hydrogens is 232 g/mol. The summed E-state index contributed by atoms with van der Waals surface area (Å²) in [6.45, 7) is 1.87. The fourth-order valence-corrected chi connectivity index (χ4v) is 3.30. The molecule has 0 aromatic heterocycles. The number of rotatable bonds is 6. The third-order valence-electron chi connectivity index (χ3n) is 2.86. The molecule has 1 heterocycles. The van der Waals surface area contributed by atoms with Crippen LogP contribution in [0.25, 0.3) is 0 Å². The number of carbonyl (C=O) groups excluding carboxylic acids is 1. The van der Waals surface area contributed by atoms with Crippen molar-refractivity contribution in [3.8, 4) is 0 Å². The highest BCUT2D eigenvalue weighted by Gasteiger charge is 2.20. The fourth-order valence-electron chi connectivity index (χ4n) is 2.02. The molecule has 1 aliphatic rings. The van der Waals surface area contributed by atoms with Gasteiger partial charge in [-0.25, -0.2) is 0 Å². The first-order valence-corrected chi connectivity index (χ1v) is 6.87. The van der Waals surface area contributed by atoms with Crippen molar-refractivity contribution in [1.82, 2.24) is 5.32 Å². The Kier molecular flexibility index (Phi) is 4.45. The van der Waals surface area contributed by atoms with Crippen molar-refractivity contribution in [3.05, 3.63) is 29.8 Å². The molecule has 17 heavy (non-hydrogen) atoms. The smallest absolute Gasteiger partial charge is 0.217 e. The van der Waals surface area contributed by atoms with E-state index < -0.39 is 0 Å². The average Bonchev–Trinajstić information content (AvgIpc) is 2.70. The molecule has 1 aliphatic heterocycles. The van der Waals surface area contributed by atoms with Crippen molar-refractivity contribution < 1.29 is 4.79 Å². The molecular formula is C13H18N2OS. The van der Waals surface area contributed by atoms with Crippen molar-refractivity contribution >= 4 is 17.7 Å². The van der Waals surface area contributed by atoms with Gasteiger partial charge in [0.15, 0.2) is 0 Å². The summed E-state index contributed by atoms with van der Waals surface area (Å²) in [6, 6.07) is 8.58. The van der Waals surface area contributed by atoms with E-state index in [1.165, 1.54) is 10.5 Å². The molecule has 4 heteroatoms. The van der Waals surface area contributed by atoms with Crippen LogP contribution in [-0.2, 0) is 11.2 Å². The molecule has 0 bridgehead atoms. The Balaban J connectivity index is 1.65. The quantitative estimate of drug-likeness (QED) is 0.753. The van der Waals surface area contributed by atoms with Gasteiger partial charge in [0.05, 0.1) is 0 Å². The third kappa shape index (κ3) is 3.75. The van der Waals surface area contributed by atoms with Crippen LogP contribution in [0.2, 0.25) is 0 Å². The normalized spacial score (nSPS) is 18.0. The molecule has 0 saturated carbocycles. The Morgan fingerprint density at radius 3 is 3.06 bits per heavy atom. The van der Waals surface area contributed by atoms with Crippen LogP contribution in [0.4, 0.5) is 0 Å². The first-order chi connectivity index (χ1) is 8.25. The predicted molar refractivity (Wildman–Crippen MR) is 71.1 cm³/mol. The van der Waals surface area contributed by atoms with E-state index in [9.17, 15) is 4.79 Å². The molecule has 1 amide bonds. The lowest BCUT2D eigenvalue weighted by Gasteiger charge is -2.09. The number of nitrogens with two attached hydrogens (primary N) is 1. The highest BCUT2D eigenvalue weighted by atomic mass is 32.2. The second-order valence-electron chi connectivity index (χ2n) is 4.33. The molecule has 1 aromatic rings. The zero-order valence-electron chi connectivity index (χ0n) is 9.82. The summed E-state index contributed by atoms with van der Waals surface area (Å²) < 4.78 is 0. The zero-order valence-corrected chi connectivity index (χ0v) is 10.6. The molecule has 0 radical (unpaired) electrons. The van der Waals surface area contributed by atoms with E-state index >= 15 is 0 Å². The summed E-state index contributed by atoms with van der Waals surface area (Å²) in [6.07, 6.45) is 2.45. The number of primary amides is 1. The van der Waals surface area contributed by atoms with E-state index in [0.717, 1.165) is 25.9 Å². The maximum Gasteiger partial charge on any atom is 0.217 e. The van der Waals surface area contributed by atoms with Crippen molar-refractivity contribution in [3.63, 3.8) is 0 Å². The van der Waals surface area contributed by atoms with Gasteiger partial charge in [-0.2, -0.15) is 0 Å². The van der Waals surface area contributed by atoms with E-state index in [0.29, 0.717) is 11.7 Å². The second-order valence-corrected chi connectivity index (χ2v) is 5.67. The maximum absolute atomic E-state index is 10.6. The van der Waals surface area contributed by atoms with Gasteiger partial charge >= 0.3 is 0 Å². The number of carbonyl (C=O) groups is 1. The van der Waals surface area contributed by atoms with Crippen molar-refractivity contribution in [2.75, 3.05) is 13.1 Å². The molecule has 1 aromatic carbocycles. The molecule has 0 fully saturated rings. The molecule has 3 nitrogen and oxygen atoms in total. The summed E-state index contributed by atoms with van der Waals surface area (Å²) in [7, 11) is 0. The van der Waals surface area contributed by atoms with Gasteiger partial charge < -0.3 is 11.1 Å². The van der Waals surface area contributed by atoms with Gasteiger partial charge in [0.2, 0.25) is 5.91 Å². The van der Waals surface area contributed by atoms with E-state index in [-0.39, 0.29) is 5.91 Å². The molecule has 3 N–H and O–H groups in total. The fraction of sp³-hybridized carbons (Fsp3) is 0.462. The Morgan fingerprint density at radius 1 is 1.47 bits per heavy atom. The van der Waals surface area contributed by atoms with Crippen LogP contribution in [0.3, 0.4) is 0 Å². The van der Waals surface area contributed by atoms with Gasteiger partial charge in [0.1, 0.15) is 0 Å². The van der Waals surface area contributed by atoms with Gasteiger partial charge in [-0.05, 0) is 31.0 Å². The monoisotopic (exact) mass is 250 g/mol. The Labute approximate surface area is 106 Å². The molecule has 0 spiro atoms. The largest absolute Gasteiger partial charge is 0.370 e. The van der Waals surface area contributed by atoms with Crippen LogP contribution in [0.1, 0.15) is 18.4 Å². The van der Waals surface area contributed by atoms with Gasteiger partial charge in [-0.3, -0.25) is 4.79 Å². The number of benzene rings is 1. The predicted octanol–water partition coefficient (Wildman–Crippen LogP) is 1.56. The summed E-state index contributed by atoms with van der Waals surface area (Å²) in [5.74, 6) is -0.213. The minimum Gasteiger partial charge on any atom is -0.370 e. The van der Waals surface area contributed by atoms with Gasteiger partial charge in [-0.15, -0.1) is 11.8 Å². The Morgan fingerprint density at radius 2 is 2.29 bits per heavy atom. The summed E-state index contributed by atoms with van der Waals surface area (Å²) in [4.78, 5) is 12.0. The Bertz CT molecular complexity index is 370. The van der Waals surface area contributed by atoms with Crippen molar-refractivity contribution in [1.29, 1.82) is 0 Å². The highest BCUT2D eigenvalue weighted by molar-refractivity contribution is 8.00. The first kappa shape index (κ1) is 12.5. The topological polar surface area (TPSA) is 55.1 Å². The SMILES string of the molecule is NC(=O)CCCNCC1Cc2ccccc2S1. The molecule has 1 unspecified atom stereocenters.